The van der Waals surface area contributed by atoms with E-state index in [2.05, 4.69) is 5.43 Å². The summed E-state index contributed by atoms with van der Waals surface area (Å²) in [5.74, 6) is 4.72. The first-order valence-electron chi connectivity index (χ1n) is 6.04. The molecule has 0 aliphatic heterocycles. The minimum Gasteiger partial charge on any atom is -0.271 e. The molecule has 3 N–H and O–H groups in total. The molecule has 2 nitrogen and oxygen atoms in total. The van der Waals surface area contributed by atoms with Crippen LogP contribution in [0.1, 0.15) is 16.5 Å². The molecule has 0 aliphatic carbocycles. The molecule has 20 heavy (non-hydrogen) atoms. The van der Waals surface area contributed by atoms with Gasteiger partial charge in [0.2, 0.25) is 0 Å². The van der Waals surface area contributed by atoms with Gasteiger partial charge in [0, 0.05) is 14.3 Å². The molecule has 6 heteroatoms. The quantitative estimate of drug-likeness (QED) is 0.565. The fraction of sp³-hybridized carbons (Fsp3) is 0.143. The maximum absolute atomic E-state index is 13.7. The van der Waals surface area contributed by atoms with Crippen molar-refractivity contribution in [3.05, 3.63) is 57.8 Å². The predicted molar refractivity (Wildman–Crippen MR) is 79.8 cm³/mol. The molecule has 0 saturated carbocycles. The minimum atomic E-state index is -0.440. The summed E-state index contributed by atoms with van der Waals surface area (Å²) >= 11 is 3.27. The van der Waals surface area contributed by atoms with Crippen molar-refractivity contribution < 1.29 is 8.78 Å². The highest BCUT2D eigenvalue weighted by molar-refractivity contribution is 7.26. The number of nitrogens with two attached hydrogens (primary N) is 1. The van der Waals surface area contributed by atoms with E-state index in [0.717, 1.165) is 17.0 Å². The minimum absolute atomic E-state index is 0.226. The Hall–Kier alpha value is -1.34. The van der Waals surface area contributed by atoms with Crippen molar-refractivity contribution in [2.45, 2.75) is 12.5 Å². The number of hydrogen-bond donors (Lipinski definition) is 2. The molecule has 0 radical (unpaired) electrons. The van der Waals surface area contributed by atoms with Gasteiger partial charge in [-0.15, -0.1) is 22.7 Å². The average Bonchev–Trinajstić information content (AvgIpc) is 3.00. The number of benzene rings is 1. The van der Waals surface area contributed by atoms with Gasteiger partial charge in [-0.2, -0.15) is 0 Å². The molecule has 0 fully saturated rings. The van der Waals surface area contributed by atoms with Crippen molar-refractivity contribution >= 4 is 32.1 Å². The van der Waals surface area contributed by atoms with Crippen LogP contribution in [0.15, 0.2) is 35.7 Å². The fourth-order valence-corrected chi connectivity index (χ4v) is 4.30. The lowest BCUT2D eigenvalue weighted by molar-refractivity contribution is 0.528. The second-order valence-electron chi connectivity index (χ2n) is 4.46. The van der Waals surface area contributed by atoms with E-state index in [1.807, 2.05) is 17.5 Å². The molecule has 3 aromatic rings. The van der Waals surface area contributed by atoms with Gasteiger partial charge < -0.3 is 0 Å². The number of thiophene rings is 2. The largest absolute Gasteiger partial charge is 0.271 e. The third-order valence-corrected chi connectivity index (χ3v) is 5.34. The van der Waals surface area contributed by atoms with Gasteiger partial charge in [0.1, 0.15) is 11.6 Å². The Balaban J connectivity index is 1.90. The van der Waals surface area contributed by atoms with Gasteiger partial charge in [0.15, 0.2) is 0 Å². The highest BCUT2D eigenvalue weighted by atomic mass is 32.1. The van der Waals surface area contributed by atoms with E-state index in [0.29, 0.717) is 12.0 Å². The molecule has 1 aromatic carbocycles. The van der Waals surface area contributed by atoms with E-state index in [4.69, 9.17) is 5.84 Å². The van der Waals surface area contributed by atoms with Crippen LogP contribution in [0, 0.1) is 11.6 Å². The monoisotopic (exact) mass is 310 g/mol. The second kappa shape index (κ2) is 5.57. The molecule has 1 atom stereocenters. The van der Waals surface area contributed by atoms with Crippen LogP contribution in [0.5, 0.6) is 0 Å². The van der Waals surface area contributed by atoms with Gasteiger partial charge in [-0.25, -0.2) is 8.78 Å². The summed E-state index contributed by atoms with van der Waals surface area (Å²) in [4.78, 5) is 1.03. The number of hydrogen-bond acceptors (Lipinski definition) is 4. The Morgan fingerprint density at radius 2 is 2.00 bits per heavy atom. The fourth-order valence-electron chi connectivity index (χ4n) is 2.12. The van der Waals surface area contributed by atoms with Crippen LogP contribution in [-0.4, -0.2) is 0 Å². The van der Waals surface area contributed by atoms with E-state index >= 15 is 0 Å². The number of fused-ring (bicyclic) bond motifs is 1. The van der Waals surface area contributed by atoms with E-state index in [1.54, 1.807) is 22.7 Å². The summed E-state index contributed by atoms with van der Waals surface area (Å²) in [6.45, 7) is 0. The Kier molecular flexibility index (Phi) is 3.80. The highest BCUT2D eigenvalue weighted by Gasteiger charge is 2.17. The van der Waals surface area contributed by atoms with Crippen LogP contribution in [0.3, 0.4) is 0 Å². The van der Waals surface area contributed by atoms with E-state index in [1.165, 1.54) is 15.5 Å². The summed E-state index contributed by atoms with van der Waals surface area (Å²) < 4.78 is 29.3. The van der Waals surface area contributed by atoms with E-state index in [9.17, 15) is 8.78 Å². The Bertz CT molecular complexity index is 707. The first-order chi connectivity index (χ1) is 9.67. The lowest BCUT2D eigenvalue weighted by atomic mass is 10.0. The van der Waals surface area contributed by atoms with Gasteiger partial charge in [-0.05, 0) is 47.7 Å². The zero-order valence-electron chi connectivity index (χ0n) is 10.4. The van der Waals surface area contributed by atoms with Crippen molar-refractivity contribution in [1.82, 2.24) is 5.43 Å². The number of rotatable bonds is 4. The molecule has 0 saturated heterocycles. The van der Waals surface area contributed by atoms with Crippen LogP contribution in [0.25, 0.3) is 9.40 Å². The van der Waals surface area contributed by atoms with Crippen LogP contribution in [0.4, 0.5) is 8.78 Å². The van der Waals surface area contributed by atoms with Gasteiger partial charge in [0.25, 0.3) is 0 Å². The van der Waals surface area contributed by atoms with Crippen LogP contribution >= 0.6 is 22.7 Å². The molecule has 0 bridgehead atoms. The maximum atomic E-state index is 13.7. The van der Waals surface area contributed by atoms with Crippen molar-refractivity contribution in [1.29, 1.82) is 0 Å². The number of nitrogens with one attached hydrogen (secondary N) is 1. The Morgan fingerprint density at radius 3 is 2.75 bits per heavy atom. The third kappa shape index (κ3) is 2.60. The van der Waals surface area contributed by atoms with Crippen LogP contribution < -0.4 is 11.3 Å². The molecule has 2 aromatic heterocycles. The summed E-state index contributed by atoms with van der Waals surface area (Å²) in [5, 5.41) is 2.03. The normalized spacial score (nSPS) is 12.9. The predicted octanol–water partition coefficient (Wildman–Crippen LogP) is 3.99. The molecule has 2 heterocycles. The SMILES string of the molecule is NNC(Cc1cc(F)ccc1F)c1cc2sccc2s1. The first-order valence-corrected chi connectivity index (χ1v) is 7.74. The van der Waals surface area contributed by atoms with Crippen molar-refractivity contribution in [2.24, 2.45) is 5.84 Å². The summed E-state index contributed by atoms with van der Waals surface area (Å²) in [7, 11) is 0. The zero-order chi connectivity index (χ0) is 14.1. The Labute approximate surface area is 122 Å². The molecule has 104 valence electrons. The second-order valence-corrected chi connectivity index (χ2v) is 6.52. The van der Waals surface area contributed by atoms with Crippen molar-refractivity contribution in [2.75, 3.05) is 0 Å². The number of halogens is 2. The van der Waals surface area contributed by atoms with Gasteiger partial charge in [0.05, 0.1) is 6.04 Å². The molecule has 1 unspecified atom stereocenters. The standard InChI is InChI=1S/C14H12F2N2S2/c15-9-1-2-10(16)8(5-9)6-11(18-17)13-7-14-12(20-13)3-4-19-14/h1-5,7,11,18H,6,17H2. The van der Waals surface area contributed by atoms with E-state index < -0.39 is 11.6 Å². The highest BCUT2D eigenvalue weighted by Crippen LogP contribution is 2.34. The summed E-state index contributed by atoms with van der Waals surface area (Å²) in [6, 6.07) is 7.35. The third-order valence-electron chi connectivity index (χ3n) is 3.13. The molecule has 0 aliphatic rings. The van der Waals surface area contributed by atoms with Crippen LogP contribution in [0.2, 0.25) is 0 Å². The maximum Gasteiger partial charge on any atom is 0.126 e. The summed E-state index contributed by atoms with van der Waals surface area (Å²) in [5.41, 5.74) is 3.01. The molecule has 0 spiro atoms. The van der Waals surface area contributed by atoms with Crippen molar-refractivity contribution in [3.63, 3.8) is 0 Å². The summed E-state index contributed by atoms with van der Waals surface area (Å²) in [6.07, 6.45) is 0.313. The lowest BCUT2D eigenvalue weighted by Gasteiger charge is -2.14. The lowest BCUT2D eigenvalue weighted by Crippen LogP contribution is -2.29. The van der Waals surface area contributed by atoms with Gasteiger partial charge in [-0.3, -0.25) is 11.3 Å². The molecular weight excluding hydrogens is 298 g/mol. The van der Waals surface area contributed by atoms with Gasteiger partial charge in [-0.1, -0.05) is 0 Å². The topological polar surface area (TPSA) is 38.0 Å². The average molecular weight is 310 g/mol. The van der Waals surface area contributed by atoms with Gasteiger partial charge >= 0.3 is 0 Å². The zero-order valence-corrected chi connectivity index (χ0v) is 12.0. The van der Waals surface area contributed by atoms with Crippen molar-refractivity contribution in [3.8, 4) is 0 Å². The Morgan fingerprint density at radius 1 is 1.15 bits per heavy atom. The van der Waals surface area contributed by atoms with E-state index in [-0.39, 0.29) is 6.04 Å². The molecule has 0 amide bonds. The molecular formula is C14H12F2N2S2. The smallest absolute Gasteiger partial charge is 0.126 e. The first kappa shape index (κ1) is 13.6. The molecule has 3 rings (SSSR count). The number of hydrazine groups is 1. The van der Waals surface area contributed by atoms with Crippen LogP contribution in [-0.2, 0) is 6.42 Å².